The third-order valence-corrected chi connectivity index (χ3v) is 4.18. The van der Waals surface area contributed by atoms with E-state index >= 15 is 0 Å². The van der Waals surface area contributed by atoms with Gasteiger partial charge in [0.25, 0.3) is 5.91 Å². The topological polar surface area (TPSA) is 64.0 Å². The van der Waals surface area contributed by atoms with Crippen molar-refractivity contribution in [2.24, 2.45) is 7.05 Å². The molecule has 106 valence electrons. The van der Waals surface area contributed by atoms with E-state index in [0.717, 1.165) is 17.1 Å². The molecule has 0 fully saturated rings. The van der Waals surface area contributed by atoms with Gasteiger partial charge in [-0.05, 0) is 19.9 Å². The van der Waals surface area contributed by atoms with Gasteiger partial charge in [0, 0.05) is 37.2 Å². The summed E-state index contributed by atoms with van der Waals surface area (Å²) in [5, 5.41) is 3.86. The number of aryl methyl sites for hydroxylation is 3. The first kappa shape index (κ1) is 14.5. The first-order valence-electron chi connectivity index (χ1n) is 6.35. The molecule has 0 aliphatic rings. The fourth-order valence-corrected chi connectivity index (χ4v) is 2.69. The van der Waals surface area contributed by atoms with Crippen LogP contribution in [0.15, 0.2) is 23.1 Å². The summed E-state index contributed by atoms with van der Waals surface area (Å²) in [6.45, 7) is 4.56. The lowest BCUT2D eigenvalue weighted by Crippen LogP contribution is -2.27. The number of hydrogen-bond acceptors (Lipinski definition) is 4. The highest BCUT2D eigenvalue weighted by molar-refractivity contribution is 7.11. The van der Waals surface area contributed by atoms with Gasteiger partial charge in [-0.25, -0.2) is 4.98 Å². The zero-order chi connectivity index (χ0) is 14.7. The molecule has 2 rings (SSSR count). The summed E-state index contributed by atoms with van der Waals surface area (Å²) in [7, 11) is 1.63. The molecule has 0 spiro atoms. The van der Waals surface area contributed by atoms with Crippen LogP contribution < -0.4 is 10.9 Å². The predicted octanol–water partition coefficient (Wildman–Crippen LogP) is 1.43. The van der Waals surface area contributed by atoms with Crippen molar-refractivity contribution >= 4 is 17.2 Å². The number of carbonyl (C=O) groups is 1. The standard InChI is InChI=1S/C14H17N3O2S/c1-9-10(2)20-12(16-9)6-7-15-14(19)11-4-5-13(18)17(3)8-11/h4-5,8H,6-7H2,1-3H3,(H,15,19). The SMILES string of the molecule is Cc1nc(CCNC(=O)c2ccc(=O)n(C)c2)sc1C. The van der Waals surface area contributed by atoms with E-state index in [4.69, 9.17) is 0 Å². The van der Waals surface area contributed by atoms with Gasteiger partial charge in [-0.2, -0.15) is 0 Å². The molecule has 1 N–H and O–H groups in total. The number of pyridine rings is 1. The summed E-state index contributed by atoms with van der Waals surface area (Å²) in [5.74, 6) is -0.175. The minimum Gasteiger partial charge on any atom is -0.352 e. The van der Waals surface area contributed by atoms with Crippen molar-refractivity contribution in [2.45, 2.75) is 20.3 Å². The van der Waals surface area contributed by atoms with E-state index in [0.29, 0.717) is 12.1 Å². The maximum Gasteiger partial charge on any atom is 0.252 e. The van der Waals surface area contributed by atoms with Crippen LogP contribution in [-0.4, -0.2) is 22.0 Å². The van der Waals surface area contributed by atoms with Crippen LogP contribution in [0.2, 0.25) is 0 Å². The highest BCUT2D eigenvalue weighted by atomic mass is 32.1. The minimum atomic E-state index is -0.175. The summed E-state index contributed by atoms with van der Waals surface area (Å²) in [6, 6.07) is 2.93. The van der Waals surface area contributed by atoms with E-state index in [1.165, 1.54) is 27.8 Å². The second-order valence-electron chi connectivity index (χ2n) is 4.62. The van der Waals surface area contributed by atoms with Crippen LogP contribution in [0.3, 0.4) is 0 Å². The van der Waals surface area contributed by atoms with Crippen LogP contribution >= 0.6 is 11.3 Å². The van der Waals surface area contributed by atoms with E-state index in [1.807, 2.05) is 13.8 Å². The highest BCUT2D eigenvalue weighted by Crippen LogP contribution is 2.16. The molecule has 2 aromatic rings. The average molecular weight is 291 g/mol. The fourth-order valence-electron chi connectivity index (χ4n) is 1.76. The molecule has 0 radical (unpaired) electrons. The Bertz CT molecular complexity index is 668. The van der Waals surface area contributed by atoms with Crippen LogP contribution in [0, 0.1) is 13.8 Å². The third-order valence-electron chi connectivity index (χ3n) is 3.05. The van der Waals surface area contributed by atoms with Gasteiger partial charge in [0.15, 0.2) is 0 Å². The number of nitrogens with zero attached hydrogens (tertiary/aromatic N) is 2. The Kier molecular flexibility index (Phi) is 4.34. The van der Waals surface area contributed by atoms with E-state index in [1.54, 1.807) is 18.4 Å². The predicted molar refractivity (Wildman–Crippen MR) is 79.3 cm³/mol. The number of hydrogen-bond donors (Lipinski definition) is 1. The lowest BCUT2D eigenvalue weighted by molar-refractivity contribution is 0.0953. The molecule has 0 aliphatic heterocycles. The number of carbonyl (C=O) groups excluding carboxylic acids is 1. The van der Waals surface area contributed by atoms with Crippen molar-refractivity contribution in [1.29, 1.82) is 0 Å². The van der Waals surface area contributed by atoms with E-state index < -0.39 is 0 Å². The lowest BCUT2D eigenvalue weighted by atomic mass is 10.2. The van der Waals surface area contributed by atoms with Gasteiger partial charge in [-0.3, -0.25) is 9.59 Å². The van der Waals surface area contributed by atoms with E-state index in [-0.39, 0.29) is 11.5 Å². The van der Waals surface area contributed by atoms with Crippen molar-refractivity contribution in [3.05, 3.63) is 49.8 Å². The number of aromatic nitrogens is 2. The molecule has 0 saturated carbocycles. The Morgan fingerprint density at radius 2 is 2.15 bits per heavy atom. The Morgan fingerprint density at radius 1 is 1.40 bits per heavy atom. The van der Waals surface area contributed by atoms with Crippen molar-refractivity contribution < 1.29 is 4.79 Å². The summed E-state index contributed by atoms with van der Waals surface area (Å²) in [4.78, 5) is 28.8. The number of nitrogens with one attached hydrogen (secondary N) is 1. The Balaban J connectivity index is 1.92. The summed E-state index contributed by atoms with van der Waals surface area (Å²) in [5.41, 5.74) is 1.41. The average Bonchev–Trinajstić information content (AvgIpc) is 2.72. The second-order valence-corrected chi connectivity index (χ2v) is 5.91. The molecule has 6 heteroatoms. The molecule has 1 amide bonds. The van der Waals surface area contributed by atoms with E-state index in [2.05, 4.69) is 10.3 Å². The van der Waals surface area contributed by atoms with Crippen LogP contribution in [0.4, 0.5) is 0 Å². The maximum atomic E-state index is 11.9. The van der Waals surface area contributed by atoms with Crippen LogP contribution in [-0.2, 0) is 13.5 Å². The smallest absolute Gasteiger partial charge is 0.252 e. The van der Waals surface area contributed by atoms with Gasteiger partial charge in [0.05, 0.1) is 16.3 Å². The molecule has 5 nitrogen and oxygen atoms in total. The Labute approximate surface area is 121 Å². The van der Waals surface area contributed by atoms with Crippen molar-refractivity contribution in [2.75, 3.05) is 6.54 Å². The van der Waals surface area contributed by atoms with Gasteiger partial charge >= 0.3 is 0 Å². The van der Waals surface area contributed by atoms with Crippen molar-refractivity contribution in [3.63, 3.8) is 0 Å². The van der Waals surface area contributed by atoms with Gasteiger partial charge in [0.1, 0.15) is 0 Å². The molecule has 0 unspecified atom stereocenters. The normalized spacial score (nSPS) is 10.6. The van der Waals surface area contributed by atoms with Crippen LogP contribution in [0.25, 0.3) is 0 Å². The molecule has 0 aliphatic carbocycles. The fraction of sp³-hybridized carbons (Fsp3) is 0.357. The van der Waals surface area contributed by atoms with Gasteiger partial charge in [-0.15, -0.1) is 11.3 Å². The largest absolute Gasteiger partial charge is 0.352 e. The molecule has 0 bridgehead atoms. The monoisotopic (exact) mass is 291 g/mol. The van der Waals surface area contributed by atoms with Gasteiger partial charge < -0.3 is 9.88 Å². The number of thiazole rings is 1. The molecule has 2 aromatic heterocycles. The first-order chi connectivity index (χ1) is 9.47. The zero-order valence-corrected chi connectivity index (χ0v) is 12.6. The Morgan fingerprint density at radius 3 is 2.75 bits per heavy atom. The summed E-state index contributed by atoms with van der Waals surface area (Å²) >= 11 is 1.66. The molecule has 0 aromatic carbocycles. The second kappa shape index (κ2) is 6.00. The molecule has 0 atom stereocenters. The minimum absolute atomic E-state index is 0.129. The molecule has 2 heterocycles. The van der Waals surface area contributed by atoms with Gasteiger partial charge in [-0.1, -0.05) is 0 Å². The highest BCUT2D eigenvalue weighted by Gasteiger charge is 2.07. The lowest BCUT2D eigenvalue weighted by Gasteiger charge is -2.05. The summed E-state index contributed by atoms with van der Waals surface area (Å²) < 4.78 is 1.39. The van der Waals surface area contributed by atoms with E-state index in [9.17, 15) is 9.59 Å². The summed E-state index contributed by atoms with van der Waals surface area (Å²) in [6.07, 6.45) is 2.26. The zero-order valence-electron chi connectivity index (χ0n) is 11.8. The number of rotatable bonds is 4. The quantitative estimate of drug-likeness (QED) is 0.927. The van der Waals surface area contributed by atoms with Crippen LogP contribution in [0.5, 0.6) is 0 Å². The Hall–Kier alpha value is -1.95. The van der Waals surface area contributed by atoms with Crippen LogP contribution in [0.1, 0.15) is 25.9 Å². The van der Waals surface area contributed by atoms with Crippen molar-refractivity contribution in [3.8, 4) is 0 Å². The van der Waals surface area contributed by atoms with Crippen molar-refractivity contribution in [1.82, 2.24) is 14.9 Å². The maximum absolute atomic E-state index is 11.9. The third kappa shape index (κ3) is 3.33. The number of amides is 1. The molecular weight excluding hydrogens is 274 g/mol. The molecule has 20 heavy (non-hydrogen) atoms. The van der Waals surface area contributed by atoms with Gasteiger partial charge in [0.2, 0.25) is 5.56 Å². The molecular formula is C14H17N3O2S. The molecule has 0 saturated heterocycles. The first-order valence-corrected chi connectivity index (χ1v) is 7.17.